The molecule has 0 spiro atoms. The Morgan fingerprint density at radius 2 is 2.55 bits per heavy atom. The van der Waals surface area contributed by atoms with E-state index in [0.29, 0.717) is 0 Å². The molecule has 0 N–H and O–H groups in total. The topological polar surface area (TPSA) is 63.8 Å². The number of aliphatic imine (C=N–C) groups is 1. The molecule has 6 nitrogen and oxygen atoms in total. The lowest BCUT2D eigenvalue weighted by atomic mass is 10.7. The lowest BCUT2D eigenvalue weighted by Gasteiger charge is -2.06. The summed E-state index contributed by atoms with van der Waals surface area (Å²) in [7, 11) is 0. The van der Waals surface area contributed by atoms with Gasteiger partial charge in [-0.2, -0.15) is 10.0 Å². The Labute approximate surface area is 62.4 Å². The predicted octanol–water partition coefficient (Wildman–Crippen LogP) is 0.196. The third-order valence-corrected chi connectivity index (χ3v) is 1.19. The first-order valence-corrected chi connectivity index (χ1v) is 3.12. The van der Waals surface area contributed by atoms with Crippen LogP contribution in [0.2, 0.25) is 0 Å². The molecule has 11 heavy (non-hydrogen) atoms. The fraction of sp³-hybridized carbons (Fsp3) is 0.400. The summed E-state index contributed by atoms with van der Waals surface area (Å²) in [4.78, 5) is 12.8. The molecule has 1 aliphatic heterocycles. The van der Waals surface area contributed by atoms with Crippen LogP contribution in [-0.4, -0.2) is 22.7 Å². The van der Waals surface area contributed by atoms with Gasteiger partial charge in [-0.1, -0.05) is 5.16 Å². The molecule has 0 amide bonds. The van der Waals surface area contributed by atoms with Crippen LogP contribution in [0.15, 0.2) is 15.8 Å². The maximum absolute atomic E-state index is 5.12. The van der Waals surface area contributed by atoms with Gasteiger partial charge in [0.25, 0.3) is 0 Å². The predicted molar refractivity (Wildman–Crippen MR) is 35.8 cm³/mol. The van der Waals surface area contributed by atoms with Gasteiger partial charge in [0.05, 0.1) is 0 Å². The summed E-state index contributed by atoms with van der Waals surface area (Å²) in [6.07, 6.45) is 2.62. The van der Waals surface area contributed by atoms with Crippen LogP contribution in [0.4, 0.5) is 6.01 Å². The van der Waals surface area contributed by atoms with E-state index in [-0.39, 0.29) is 12.2 Å². The summed E-state index contributed by atoms with van der Waals surface area (Å²) in [5, 5.41) is 4.75. The van der Waals surface area contributed by atoms with E-state index >= 15 is 0 Å². The second-order valence-electron chi connectivity index (χ2n) is 2.02. The van der Waals surface area contributed by atoms with Crippen molar-refractivity contribution >= 4 is 12.4 Å². The second kappa shape index (κ2) is 2.31. The molecule has 0 saturated carbocycles. The standard InChI is InChI=1S/C5H6N4O2/c1-4-7-3-9(11-4)5-6-2-8-10-5/h2-4H,1H3. The van der Waals surface area contributed by atoms with Crippen molar-refractivity contribution in [3.63, 3.8) is 0 Å². The molecule has 1 unspecified atom stereocenters. The zero-order valence-corrected chi connectivity index (χ0v) is 5.84. The Kier molecular flexibility index (Phi) is 1.32. The number of rotatable bonds is 1. The van der Waals surface area contributed by atoms with Gasteiger partial charge in [0, 0.05) is 0 Å². The largest absolute Gasteiger partial charge is 0.353 e. The van der Waals surface area contributed by atoms with Crippen molar-refractivity contribution in [2.75, 3.05) is 5.06 Å². The zero-order valence-electron chi connectivity index (χ0n) is 5.84. The van der Waals surface area contributed by atoms with Crippen molar-refractivity contribution in [1.82, 2.24) is 10.1 Å². The smallest absolute Gasteiger partial charge is 0.313 e. The van der Waals surface area contributed by atoms with E-state index in [9.17, 15) is 0 Å². The van der Waals surface area contributed by atoms with Crippen LogP contribution in [0.5, 0.6) is 0 Å². The first kappa shape index (κ1) is 6.29. The molecule has 0 radical (unpaired) electrons. The van der Waals surface area contributed by atoms with E-state index in [2.05, 4.69) is 15.1 Å². The molecule has 0 saturated heterocycles. The van der Waals surface area contributed by atoms with Crippen LogP contribution in [-0.2, 0) is 4.84 Å². The van der Waals surface area contributed by atoms with Gasteiger partial charge in [-0.05, 0) is 6.92 Å². The summed E-state index contributed by atoms with van der Waals surface area (Å²) in [5.41, 5.74) is 0. The number of anilines is 1. The number of hydroxylamine groups is 1. The third kappa shape index (κ3) is 1.07. The van der Waals surface area contributed by atoms with E-state index in [4.69, 9.17) is 9.36 Å². The zero-order chi connectivity index (χ0) is 7.68. The molecule has 0 bridgehead atoms. The Bertz CT molecular complexity index is 257. The molecule has 1 aliphatic rings. The Hall–Kier alpha value is -1.43. The normalized spacial score (nSPS) is 23.0. The summed E-state index contributed by atoms with van der Waals surface area (Å²) in [6.45, 7) is 1.81. The lowest BCUT2D eigenvalue weighted by Crippen LogP contribution is -2.18. The average molecular weight is 154 g/mol. The third-order valence-electron chi connectivity index (χ3n) is 1.19. The van der Waals surface area contributed by atoms with Crippen molar-refractivity contribution in [2.45, 2.75) is 13.2 Å². The van der Waals surface area contributed by atoms with E-state index in [0.717, 1.165) is 0 Å². The van der Waals surface area contributed by atoms with Gasteiger partial charge >= 0.3 is 6.01 Å². The Balaban J connectivity index is 2.15. The van der Waals surface area contributed by atoms with E-state index in [1.54, 1.807) is 0 Å². The average Bonchev–Trinajstić information content (AvgIpc) is 2.55. The summed E-state index contributed by atoms with van der Waals surface area (Å²) >= 11 is 0. The number of aromatic nitrogens is 2. The van der Waals surface area contributed by atoms with Crippen LogP contribution in [0.3, 0.4) is 0 Å². The number of hydrogen-bond acceptors (Lipinski definition) is 6. The summed E-state index contributed by atoms with van der Waals surface area (Å²) in [5.74, 6) is 0. The molecule has 0 aliphatic carbocycles. The van der Waals surface area contributed by atoms with Gasteiger partial charge in [-0.3, -0.25) is 0 Å². The first-order valence-electron chi connectivity index (χ1n) is 3.12. The highest BCUT2D eigenvalue weighted by atomic mass is 16.7. The monoisotopic (exact) mass is 154 g/mol. The fourth-order valence-corrected chi connectivity index (χ4v) is 0.732. The van der Waals surface area contributed by atoms with Crippen molar-refractivity contribution in [2.24, 2.45) is 4.99 Å². The molecular formula is C5H6N4O2. The van der Waals surface area contributed by atoms with Crippen molar-refractivity contribution < 1.29 is 9.36 Å². The van der Waals surface area contributed by atoms with Crippen LogP contribution in [0.25, 0.3) is 0 Å². The minimum atomic E-state index is -0.179. The maximum atomic E-state index is 5.12. The number of nitrogens with zero attached hydrogens (tertiary/aromatic N) is 4. The number of hydrogen-bond donors (Lipinski definition) is 0. The van der Waals surface area contributed by atoms with Crippen molar-refractivity contribution in [3.8, 4) is 0 Å². The minimum Gasteiger partial charge on any atom is -0.313 e. The fourth-order valence-electron chi connectivity index (χ4n) is 0.732. The SMILES string of the molecule is CC1N=CN(c2ncno2)O1. The summed E-state index contributed by atoms with van der Waals surface area (Å²) < 4.78 is 4.71. The van der Waals surface area contributed by atoms with Gasteiger partial charge in [0.1, 0.15) is 6.34 Å². The van der Waals surface area contributed by atoms with Crippen molar-refractivity contribution in [1.29, 1.82) is 0 Å². The Morgan fingerprint density at radius 3 is 3.09 bits per heavy atom. The molecule has 1 aromatic heterocycles. The quantitative estimate of drug-likeness (QED) is 0.578. The van der Waals surface area contributed by atoms with Crippen LogP contribution in [0.1, 0.15) is 6.92 Å². The highest BCUT2D eigenvalue weighted by Crippen LogP contribution is 2.13. The molecule has 2 heterocycles. The minimum absolute atomic E-state index is 0.179. The van der Waals surface area contributed by atoms with E-state index < -0.39 is 0 Å². The molecule has 2 rings (SSSR count). The molecular weight excluding hydrogens is 148 g/mol. The Morgan fingerprint density at radius 1 is 1.64 bits per heavy atom. The van der Waals surface area contributed by atoms with Gasteiger partial charge in [-0.15, -0.1) is 0 Å². The van der Waals surface area contributed by atoms with Gasteiger partial charge in [0.15, 0.2) is 12.6 Å². The van der Waals surface area contributed by atoms with Gasteiger partial charge in [0.2, 0.25) is 0 Å². The van der Waals surface area contributed by atoms with Gasteiger partial charge < -0.3 is 4.52 Å². The van der Waals surface area contributed by atoms with Crippen LogP contribution >= 0.6 is 0 Å². The first-order chi connectivity index (χ1) is 5.36. The highest BCUT2D eigenvalue weighted by Gasteiger charge is 2.18. The van der Waals surface area contributed by atoms with E-state index in [1.807, 2.05) is 6.92 Å². The lowest BCUT2D eigenvalue weighted by molar-refractivity contribution is 0.0901. The maximum Gasteiger partial charge on any atom is 0.353 e. The molecule has 58 valence electrons. The van der Waals surface area contributed by atoms with Crippen LogP contribution in [0, 0.1) is 0 Å². The van der Waals surface area contributed by atoms with Crippen LogP contribution < -0.4 is 5.06 Å². The highest BCUT2D eigenvalue weighted by molar-refractivity contribution is 5.73. The van der Waals surface area contributed by atoms with Gasteiger partial charge in [-0.25, -0.2) is 9.83 Å². The van der Waals surface area contributed by atoms with E-state index in [1.165, 1.54) is 17.7 Å². The summed E-state index contributed by atoms with van der Waals surface area (Å²) in [6, 6.07) is 0.290. The molecule has 0 aromatic carbocycles. The molecule has 6 heteroatoms. The molecule has 0 fully saturated rings. The van der Waals surface area contributed by atoms with Crippen molar-refractivity contribution in [3.05, 3.63) is 6.33 Å². The molecule has 1 aromatic rings. The molecule has 1 atom stereocenters. The second-order valence-corrected chi connectivity index (χ2v) is 2.02.